The summed E-state index contributed by atoms with van der Waals surface area (Å²) in [5, 5.41) is 12.0. The van der Waals surface area contributed by atoms with Gasteiger partial charge >= 0.3 is 0 Å². The normalized spacial score (nSPS) is 19.1. The number of amides is 1. The van der Waals surface area contributed by atoms with Gasteiger partial charge in [0.15, 0.2) is 0 Å². The molecule has 30 heavy (non-hydrogen) atoms. The first-order chi connectivity index (χ1) is 14.4. The van der Waals surface area contributed by atoms with E-state index in [2.05, 4.69) is 40.3 Å². The van der Waals surface area contributed by atoms with Crippen molar-refractivity contribution < 1.29 is 4.79 Å². The van der Waals surface area contributed by atoms with E-state index in [0.717, 1.165) is 41.6 Å². The van der Waals surface area contributed by atoms with E-state index in [1.165, 1.54) is 11.3 Å². The summed E-state index contributed by atoms with van der Waals surface area (Å²) in [6.07, 6.45) is 4.49. The molecule has 0 spiro atoms. The number of fused-ring (bicyclic) bond motifs is 2. The molecule has 1 aromatic carbocycles. The molecule has 7 nitrogen and oxygen atoms in total. The molecule has 1 amide bonds. The number of H-pyrrole nitrogens is 2. The van der Waals surface area contributed by atoms with Gasteiger partial charge in [0, 0.05) is 40.8 Å². The molecule has 3 aromatic rings. The predicted octanol–water partition coefficient (Wildman–Crippen LogP) is 4.44. The standard InChI is InChI=1S/C23H27N5O2/c1-23(2)8-5-17-20(13-23)25-26-21(17)19-12-15-11-14(3-4-18(15)24-19)22(29)28-9-6-16(27-30)7-10-28/h3-4,11-12,16,24H,5-10,13H2,1-2H3,(H,25,26). The average molecular weight is 406 g/mol. The first kappa shape index (κ1) is 19.0. The number of nitroso groups, excluding NO2 is 1. The minimum absolute atomic E-state index is 0.0170. The molecule has 1 aliphatic carbocycles. The Hall–Kier alpha value is -2.96. The number of aromatic nitrogens is 3. The molecule has 2 aliphatic rings. The van der Waals surface area contributed by atoms with Crippen molar-refractivity contribution in [3.63, 3.8) is 0 Å². The maximum atomic E-state index is 12.9. The lowest BCUT2D eigenvalue weighted by Gasteiger charge is -2.29. The number of likely N-dealkylation sites (tertiary alicyclic amines) is 1. The number of nitrogens with one attached hydrogen (secondary N) is 2. The molecular weight excluding hydrogens is 378 g/mol. The Labute approximate surface area is 175 Å². The Morgan fingerprint density at radius 1 is 1.23 bits per heavy atom. The van der Waals surface area contributed by atoms with Gasteiger partial charge in [-0.15, -0.1) is 0 Å². The Morgan fingerprint density at radius 2 is 2.03 bits per heavy atom. The van der Waals surface area contributed by atoms with E-state index in [1.54, 1.807) is 0 Å². The van der Waals surface area contributed by atoms with Crippen LogP contribution >= 0.6 is 0 Å². The van der Waals surface area contributed by atoms with E-state index in [0.29, 0.717) is 36.9 Å². The first-order valence-electron chi connectivity index (χ1n) is 10.7. The Kier molecular flexibility index (Phi) is 4.49. The third kappa shape index (κ3) is 3.32. The topological polar surface area (TPSA) is 94.2 Å². The van der Waals surface area contributed by atoms with Crippen molar-refractivity contribution >= 4 is 16.8 Å². The highest BCUT2D eigenvalue weighted by molar-refractivity contribution is 5.99. The summed E-state index contributed by atoms with van der Waals surface area (Å²) in [5.41, 5.74) is 6.52. The van der Waals surface area contributed by atoms with Gasteiger partial charge < -0.3 is 9.88 Å². The van der Waals surface area contributed by atoms with E-state index in [4.69, 9.17) is 0 Å². The maximum Gasteiger partial charge on any atom is 0.253 e. The summed E-state index contributed by atoms with van der Waals surface area (Å²) in [6.45, 7) is 5.77. The summed E-state index contributed by atoms with van der Waals surface area (Å²) in [5.74, 6) is 0.0170. The van der Waals surface area contributed by atoms with Crippen molar-refractivity contribution in [2.45, 2.75) is 52.0 Å². The van der Waals surface area contributed by atoms with Crippen LogP contribution in [0.1, 0.15) is 54.7 Å². The van der Waals surface area contributed by atoms with Crippen LogP contribution in [0.15, 0.2) is 29.4 Å². The highest BCUT2D eigenvalue weighted by atomic mass is 16.3. The second-order valence-corrected chi connectivity index (χ2v) is 9.48. The number of hydrogen-bond acceptors (Lipinski definition) is 4. The van der Waals surface area contributed by atoms with Gasteiger partial charge in [0.25, 0.3) is 5.91 Å². The minimum Gasteiger partial charge on any atom is -0.353 e. The predicted molar refractivity (Wildman–Crippen MR) is 116 cm³/mol. The third-order valence-electron chi connectivity index (χ3n) is 6.68. The molecule has 2 aromatic heterocycles. The lowest BCUT2D eigenvalue weighted by Crippen LogP contribution is -2.39. The highest BCUT2D eigenvalue weighted by Gasteiger charge is 2.29. The Bertz CT molecular complexity index is 1120. The number of carbonyl (C=O) groups excluding carboxylic acids is 1. The third-order valence-corrected chi connectivity index (χ3v) is 6.68. The molecule has 1 aliphatic heterocycles. The van der Waals surface area contributed by atoms with Gasteiger partial charge in [-0.2, -0.15) is 10.0 Å². The zero-order chi connectivity index (χ0) is 20.9. The zero-order valence-electron chi connectivity index (χ0n) is 17.5. The van der Waals surface area contributed by atoms with Crippen molar-refractivity contribution in [1.29, 1.82) is 0 Å². The summed E-state index contributed by atoms with van der Waals surface area (Å²) >= 11 is 0. The maximum absolute atomic E-state index is 12.9. The van der Waals surface area contributed by atoms with Crippen LogP contribution in [-0.4, -0.2) is 45.1 Å². The number of rotatable bonds is 3. The number of piperidine rings is 1. The van der Waals surface area contributed by atoms with Crippen molar-refractivity contribution in [2.75, 3.05) is 13.1 Å². The summed E-state index contributed by atoms with van der Waals surface area (Å²) in [4.78, 5) is 28.9. The van der Waals surface area contributed by atoms with Crippen molar-refractivity contribution in [3.05, 3.63) is 46.0 Å². The molecule has 5 rings (SSSR count). The molecule has 2 N–H and O–H groups in total. The largest absolute Gasteiger partial charge is 0.353 e. The van der Waals surface area contributed by atoms with Gasteiger partial charge in [0.2, 0.25) is 0 Å². The van der Waals surface area contributed by atoms with Crippen LogP contribution in [0.2, 0.25) is 0 Å². The van der Waals surface area contributed by atoms with Gasteiger partial charge in [0.05, 0.1) is 11.7 Å². The molecule has 0 radical (unpaired) electrons. The molecule has 0 bridgehead atoms. The second kappa shape index (κ2) is 7.07. The van der Waals surface area contributed by atoms with Crippen molar-refractivity contribution in [1.82, 2.24) is 20.1 Å². The molecule has 1 saturated heterocycles. The zero-order valence-corrected chi connectivity index (χ0v) is 17.5. The molecule has 0 unspecified atom stereocenters. The number of nitrogens with zero attached hydrogens (tertiary/aromatic N) is 3. The van der Waals surface area contributed by atoms with E-state index in [1.807, 2.05) is 23.1 Å². The first-order valence-corrected chi connectivity index (χ1v) is 10.7. The van der Waals surface area contributed by atoms with Gasteiger partial charge in [-0.05, 0) is 61.8 Å². The highest BCUT2D eigenvalue weighted by Crippen LogP contribution is 2.38. The number of benzene rings is 1. The van der Waals surface area contributed by atoms with Crippen LogP contribution in [-0.2, 0) is 12.8 Å². The average Bonchev–Trinajstić information content (AvgIpc) is 3.35. The van der Waals surface area contributed by atoms with E-state index in [-0.39, 0.29) is 11.9 Å². The van der Waals surface area contributed by atoms with Crippen LogP contribution in [0.5, 0.6) is 0 Å². The van der Waals surface area contributed by atoms with Crippen molar-refractivity contribution in [3.8, 4) is 11.4 Å². The molecule has 0 atom stereocenters. The lowest BCUT2D eigenvalue weighted by molar-refractivity contribution is 0.0715. The Balaban J connectivity index is 1.41. The molecule has 7 heteroatoms. The van der Waals surface area contributed by atoms with Crippen LogP contribution in [0.25, 0.3) is 22.3 Å². The van der Waals surface area contributed by atoms with Crippen LogP contribution in [0, 0.1) is 10.3 Å². The van der Waals surface area contributed by atoms with Crippen molar-refractivity contribution in [2.24, 2.45) is 10.6 Å². The van der Waals surface area contributed by atoms with Gasteiger partial charge in [0.1, 0.15) is 5.69 Å². The fraction of sp³-hybridized carbons (Fsp3) is 0.478. The molecule has 3 heterocycles. The Morgan fingerprint density at radius 3 is 2.80 bits per heavy atom. The van der Waals surface area contributed by atoms with E-state index in [9.17, 15) is 9.70 Å². The summed E-state index contributed by atoms with van der Waals surface area (Å²) in [7, 11) is 0. The number of hydrogen-bond donors (Lipinski definition) is 2. The summed E-state index contributed by atoms with van der Waals surface area (Å²) in [6, 6.07) is 7.72. The monoisotopic (exact) mass is 405 g/mol. The van der Waals surface area contributed by atoms with Gasteiger partial charge in [-0.3, -0.25) is 9.89 Å². The van der Waals surface area contributed by atoms with E-state index < -0.39 is 0 Å². The fourth-order valence-electron chi connectivity index (χ4n) is 4.82. The van der Waals surface area contributed by atoms with Gasteiger partial charge in [-0.1, -0.05) is 19.0 Å². The SMILES string of the molecule is CC1(C)CCc2c(-c3cc4cc(C(=O)N5CCC(N=O)CC5)ccc4[nH]3)n[nH]c2C1. The molecule has 156 valence electrons. The molecule has 1 fully saturated rings. The number of aromatic amines is 2. The van der Waals surface area contributed by atoms with Crippen LogP contribution < -0.4 is 0 Å². The second-order valence-electron chi connectivity index (χ2n) is 9.48. The molecular formula is C23H27N5O2. The minimum atomic E-state index is -0.158. The fourth-order valence-corrected chi connectivity index (χ4v) is 4.82. The van der Waals surface area contributed by atoms with Crippen LogP contribution in [0.3, 0.4) is 0 Å². The smallest absolute Gasteiger partial charge is 0.253 e. The molecule has 0 saturated carbocycles. The number of carbonyl (C=O) groups is 1. The van der Waals surface area contributed by atoms with Crippen LogP contribution in [0.4, 0.5) is 0 Å². The quantitative estimate of drug-likeness (QED) is 0.631. The summed E-state index contributed by atoms with van der Waals surface area (Å²) < 4.78 is 0. The van der Waals surface area contributed by atoms with Gasteiger partial charge in [-0.25, -0.2) is 0 Å². The van der Waals surface area contributed by atoms with E-state index >= 15 is 0 Å². The lowest BCUT2D eigenvalue weighted by atomic mass is 9.76.